The van der Waals surface area contributed by atoms with E-state index in [2.05, 4.69) is 5.32 Å². The second-order valence-electron chi connectivity index (χ2n) is 7.19. The lowest BCUT2D eigenvalue weighted by Gasteiger charge is -2.26. The lowest BCUT2D eigenvalue weighted by Crippen LogP contribution is -2.30. The molecule has 2 aromatic carbocycles. The Morgan fingerprint density at radius 3 is 2.58 bits per heavy atom. The van der Waals surface area contributed by atoms with Crippen LogP contribution in [0, 0.1) is 0 Å². The fourth-order valence-electron chi connectivity index (χ4n) is 3.22. The SMILES string of the molecule is CC(C)(CC(=O)C(=O)Nc1ccc(CO)cc1)c1cccc2c1OCC2. The maximum atomic E-state index is 12.5. The van der Waals surface area contributed by atoms with Crippen LogP contribution in [0.3, 0.4) is 0 Å². The van der Waals surface area contributed by atoms with Crippen molar-refractivity contribution in [3.8, 4) is 5.75 Å². The quantitative estimate of drug-likeness (QED) is 0.783. The minimum atomic E-state index is -0.636. The molecule has 2 aromatic rings. The van der Waals surface area contributed by atoms with Gasteiger partial charge in [0.05, 0.1) is 13.2 Å². The Balaban J connectivity index is 1.70. The number of amides is 1. The Kier molecular flexibility index (Phi) is 5.09. The van der Waals surface area contributed by atoms with E-state index in [4.69, 9.17) is 9.84 Å². The number of ether oxygens (including phenoxy) is 1. The van der Waals surface area contributed by atoms with Gasteiger partial charge < -0.3 is 15.2 Å². The number of hydrogen-bond acceptors (Lipinski definition) is 4. The van der Waals surface area contributed by atoms with E-state index >= 15 is 0 Å². The van der Waals surface area contributed by atoms with E-state index in [0.717, 1.165) is 28.9 Å². The molecular formula is C21H23NO4. The van der Waals surface area contributed by atoms with Gasteiger partial charge >= 0.3 is 0 Å². The van der Waals surface area contributed by atoms with Crippen molar-refractivity contribution >= 4 is 17.4 Å². The molecule has 3 rings (SSSR count). The number of para-hydroxylation sites is 1. The summed E-state index contributed by atoms with van der Waals surface area (Å²) in [6.45, 7) is 4.49. The maximum absolute atomic E-state index is 12.5. The monoisotopic (exact) mass is 353 g/mol. The molecule has 5 heteroatoms. The van der Waals surface area contributed by atoms with Gasteiger partial charge in [0.2, 0.25) is 5.78 Å². The average Bonchev–Trinajstić information content (AvgIpc) is 3.10. The molecule has 2 N–H and O–H groups in total. The maximum Gasteiger partial charge on any atom is 0.291 e. The normalized spacial score (nSPS) is 13.0. The van der Waals surface area contributed by atoms with E-state index in [-0.39, 0.29) is 13.0 Å². The number of rotatable bonds is 6. The van der Waals surface area contributed by atoms with Crippen molar-refractivity contribution in [1.82, 2.24) is 0 Å². The highest BCUT2D eigenvalue weighted by Crippen LogP contribution is 2.39. The van der Waals surface area contributed by atoms with Crippen molar-refractivity contribution in [3.05, 3.63) is 59.2 Å². The zero-order valence-electron chi connectivity index (χ0n) is 15.0. The fourth-order valence-corrected chi connectivity index (χ4v) is 3.22. The summed E-state index contributed by atoms with van der Waals surface area (Å²) in [6.07, 6.45) is 0.963. The number of benzene rings is 2. The van der Waals surface area contributed by atoms with Gasteiger partial charge in [-0.2, -0.15) is 0 Å². The van der Waals surface area contributed by atoms with Gasteiger partial charge in [-0.05, 0) is 23.3 Å². The van der Waals surface area contributed by atoms with Crippen molar-refractivity contribution in [3.63, 3.8) is 0 Å². The third-order valence-corrected chi connectivity index (χ3v) is 4.69. The van der Waals surface area contributed by atoms with Crippen molar-refractivity contribution in [1.29, 1.82) is 0 Å². The molecule has 0 saturated heterocycles. The van der Waals surface area contributed by atoms with Crippen LogP contribution in [0.1, 0.15) is 37.0 Å². The van der Waals surface area contributed by atoms with E-state index in [1.807, 2.05) is 32.0 Å². The highest BCUT2D eigenvalue weighted by atomic mass is 16.5. The van der Waals surface area contributed by atoms with Crippen LogP contribution in [0.15, 0.2) is 42.5 Å². The van der Waals surface area contributed by atoms with Gasteiger partial charge in [-0.15, -0.1) is 0 Å². The summed E-state index contributed by atoms with van der Waals surface area (Å²) in [4.78, 5) is 24.7. The van der Waals surface area contributed by atoms with Gasteiger partial charge in [-0.1, -0.05) is 44.2 Å². The predicted molar refractivity (Wildman–Crippen MR) is 99.3 cm³/mol. The number of aliphatic hydroxyl groups excluding tert-OH is 1. The predicted octanol–water partition coefficient (Wildman–Crippen LogP) is 2.99. The summed E-state index contributed by atoms with van der Waals surface area (Å²) >= 11 is 0. The van der Waals surface area contributed by atoms with Crippen LogP contribution in [0.4, 0.5) is 5.69 Å². The number of Topliss-reactive ketones (excluding diaryl/α,β-unsaturated/α-hetero) is 1. The molecule has 26 heavy (non-hydrogen) atoms. The van der Waals surface area contributed by atoms with Gasteiger partial charge in [0.15, 0.2) is 0 Å². The number of carbonyl (C=O) groups is 2. The van der Waals surface area contributed by atoms with Crippen LogP contribution in [0.25, 0.3) is 0 Å². The van der Waals surface area contributed by atoms with Gasteiger partial charge in [0.25, 0.3) is 5.91 Å². The lowest BCUT2D eigenvalue weighted by atomic mass is 9.79. The molecule has 1 heterocycles. The Labute approximate surface area is 153 Å². The molecule has 0 bridgehead atoms. The molecule has 136 valence electrons. The molecule has 0 unspecified atom stereocenters. The Hall–Kier alpha value is -2.66. The number of nitrogens with one attached hydrogen (secondary N) is 1. The summed E-state index contributed by atoms with van der Waals surface area (Å²) in [5.41, 5.74) is 2.87. The van der Waals surface area contributed by atoms with Crippen molar-refractivity contribution in [2.45, 2.75) is 38.7 Å². The Morgan fingerprint density at radius 1 is 1.15 bits per heavy atom. The van der Waals surface area contributed by atoms with Gasteiger partial charge in [0, 0.05) is 29.5 Å². The molecular weight excluding hydrogens is 330 g/mol. The largest absolute Gasteiger partial charge is 0.493 e. The molecule has 5 nitrogen and oxygen atoms in total. The van der Waals surface area contributed by atoms with E-state index in [9.17, 15) is 9.59 Å². The molecule has 0 aromatic heterocycles. The summed E-state index contributed by atoms with van der Waals surface area (Å²) in [5, 5.41) is 11.7. The minimum Gasteiger partial charge on any atom is -0.493 e. The molecule has 1 amide bonds. The molecule has 0 fully saturated rings. The standard InChI is InChI=1S/C21H23NO4/c1-21(2,17-5-3-4-15-10-11-26-19(15)17)12-18(24)20(25)22-16-8-6-14(13-23)7-9-16/h3-9,23H,10-13H2,1-2H3,(H,22,25). The van der Waals surface area contributed by atoms with Crippen molar-refractivity contribution in [2.24, 2.45) is 0 Å². The first-order valence-corrected chi connectivity index (χ1v) is 8.70. The molecule has 0 aliphatic carbocycles. The number of ketones is 1. The number of hydrogen-bond donors (Lipinski definition) is 2. The summed E-state index contributed by atoms with van der Waals surface area (Å²) in [5.74, 6) is -0.259. The minimum absolute atomic E-state index is 0.0647. The van der Waals surface area contributed by atoms with Gasteiger partial charge in [-0.3, -0.25) is 9.59 Å². The molecule has 0 atom stereocenters. The third kappa shape index (κ3) is 3.78. The van der Waals surface area contributed by atoms with Crippen LogP contribution in [0.5, 0.6) is 5.75 Å². The first kappa shape index (κ1) is 18.1. The van der Waals surface area contributed by atoms with Gasteiger partial charge in [-0.25, -0.2) is 0 Å². The smallest absolute Gasteiger partial charge is 0.291 e. The Bertz CT molecular complexity index is 824. The van der Waals surface area contributed by atoms with Crippen molar-refractivity contribution in [2.75, 3.05) is 11.9 Å². The second-order valence-corrected chi connectivity index (χ2v) is 7.19. The lowest BCUT2D eigenvalue weighted by molar-refractivity contribution is -0.135. The van der Waals surface area contributed by atoms with Crippen LogP contribution in [-0.2, 0) is 28.0 Å². The first-order valence-electron chi connectivity index (χ1n) is 8.70. The second kappa shape index (κ2) is 7.30. The van der Waals surface area contributed by atoms with Crippen molar-refractivity contribution < 1.29 is 19.4 Å². The van der Waals surface area contributed by atoms with Crippen LogP contribution < -0.4 is 10.1 Å². The molecule has 0 saturated carbocycles. The topological polar surface area (TPSA) is 75.6 Å². The third-order valence-electron chi connectivity index (χ3n) is 4.69. The van der Waals surface area contributed by atoms with Crippen LogP contribution in [0.2, 0.25) is 0 Å². The van der Waals surface area contributed by atoms with E-state index in [0.29, 0.717) is 12.3 Å². The Morgan fingerprint density at radius 2 is 1.88 bits per heavy atom. The molecule has 1 aliphatic heterocycles. The fraction of sp³-hybridized carbons (Fsp3) is 0.333. The van der Waals surface area contributed by atoms with Gasteiger partial charge in [0.1, 0.15) is 5.75 Å². The van der Waals surface area contributed by atoms with E-state index in [1.54, 1.807) is 24.3 Å². The number of anilines is 1. The summed E-state index contributed by atoms with van der Waals surface area (Å²) in [7, 11) is 0. The molecule has 0 spiro atoms. The summed E-state index contributed by atoms with van der Waals surface area (Å²) in [6, 6.07) is 12.7. The number of aliphatic hydroxyl groups is 1. The first-order chi connectivity index (χ1) is 12.4. The summed E-state index contributed by atoms with van der Waals surface area (Å²) < 4.78 is 5.74. The highest BCUT2D eigenvalue weighted by Gasteiger charge is 2.32. The zero-order chi connectivity index (χ0) is 18.7. The molecule has 0 radical (unpaired) electrons. The zero-order valence-corrected chi connectivity index (χ0v) is 15.0. The highest BCUT2D eigenvalue weighted by molar-refractivity contribution is 6.40. The average molecular weight is 353 g/mol. The van der Waals surface area contributed by atoms with E-state index < -0.39 is 17.1 Å². The number of carbonyl (C=O) groups excluding carboxylic acids is 2. The van der Waals surface area contributed by atoms with E-state index in [1.165, 1.54) is 0 Å². The van der Waals surface area contributed by atoms with Crippen LogP contribution >= 0.6 is 0 Å². The number of fused-ring (bicyclic) bond motifs is 1. The van der Waals surface area contributed by atoms with Crippen LogP contribution in [-0.4, -0.2) is 23.4 Å². The molecule has 1 aliphatic rings.